The minimum atomic E-state index is -3.67. The number of hydrogen-bond donors (Lipinski definition) is 3. The molecule has 0 saturated heterocycles. The number of nitrogens with two attached hydrogens (primary N) is 1. The zero-order chi connectivity index (χ0) is 14.8. The highest BCUT2D eigenvalue weighted by atomic mass is 32.2. The number of aliphatic hydroxyl groups excluding tert-OH is 1. The number of anilines is 1. The minimum Gasteiger partial charge on any atom is -0.393 e. The molecule has 1 aromatic rings. The second kappa shape index (κ2) is 6.11. The molecule has 20 heavy (non-hydrogen) atoms. The molecule has 8 heteroatoms. The second-order valence-corrected chi connectivity index (χ2v) is 6.93. The van der Waals surface area contributed by atoms with Gasteiger partial charge in [-0.25, -0.2) is 13.1 Å². The quantitative estimate of drug-likeness (QED) is 0.725. The summed E-state index contributed by atoms with van der Waals surface area (Å²) in [5.74, 6) is -0.0236. The van der Waals surface area contributed by atoms with E-state index in [1.807, 2.05) is 6.92 Å². The van der Waals surface area contributed by atoms with Gasteiger partial charge in [-0.15, -0.1) is 0 Å². The summed E-state index contributed by atoms with van der Waals surface area (Å²) >= 11 is 0. The Morgan fingerprint density at radius 3 is 2.80 bits per heavy atom. The van der Waals surface area contributed by atoms with E-state index >= 15 is 0 Å². The molecule has 0 aliphatic heterocycles. The van der Waals surface area contributed by atoms with Crippen molar-refractivity contribution >= 4 is 15.8 Å². The Morgan fingerprint density at radius 2 is 2.20 bits per heavy atom. The molecule has 114 valence electrons. The number of aryl methyl sites for hydroxylation is 1. The van der Waals surface area contributed by atoms with Gasteiger partial charge in [0.2, 0.25) is 10.0 Å². The topological polar surface area (TPSA) is 110 Å². The molecule has 0 aromatic carbocycles. The number of nitrogens with zero attached hydrogens (tertiary/aromatic N) is 2. The van der Waals surface area contributed by atoms with Crippen LogP contribution in [0.25, 0.3) is 0 Å². The number of nitrogen functional groups attached to an aromatic ring is 1. The number of hydrogen-bond acceptors (Lipinski definition) is 5. The first-order valence-electron chi connectivity index (χ1n) is 6.94. The van der Waals surface area contributed by atoms with E-state index in [-0.39, 0.29) is 23.2 Å². The summed E-state index contributed by atoms with van der Waals surface area (Å²) in [5.41, 5.74) is 5.64. The predicted octanol–water partition coefficient (Wildman–Crippen LogP) is 0.315. The van der Waals surface area contributed by atoms with Crippen molar-refractivity contribution in [1.82, 2.24) is 14.5 Å². The van der Waals surface area contributed by atoms with Gasteiger partial charge in [0.25, 0.3) is 0 Å². The van der Waals surface area contributed by atoms with E-state index in [4.69, 9.17) is 5.73 Å². The fourth-order valence-electron chi connectivity index (χ4n) is 2.51. The van der Waals surface area contributed by atoms with Gasteiger partial charge in [-0.3, -0.25) is 4.68 Å². The van der Waals surface area contributed by atoms with Crippen molar-refractivity contribution in [2.24, 2.45) is 5.92 Å². The van der Waals surface area contributed by atoms with E-state index in [2.05, 4.69) is 9.82 Å². The molecule has 1 aromatic heterocycles. The number of sulfonamides is 1. The third kappa shape index (κ3) is 3.31. The number of rotatable bonds is 5. The lowest BCUT2D eigenvalue weighted by Crippen LogP contribution is -2.36. The maximum atomic E-state index is 12.2. The molecule has 1 aliphatic rings. The van der Waals surface area contributed by atoms with Crippen LogP contribution < -0.4 is 10.5 Å². The van der Waals surface area contributed by atoms with Crippen LogP contribution in [0.5, 0.6) is 0 Å². The predicted molar refractivity (Wildman–Crippen MR) is 75.5 cm³/mol. The standard InChI is InChI=1S/C12H22N4O3S/c1-2-16-8-11(12(13)15-16)20(18,19)14-7-9-5-3-4-6-10(9)17/h8-10,14,17H,2-7H2,1H3,(H2,13,15). The third-order valence-electron chi connectivity index (χ3n) is 3.77. The zero-order valence-electron chi connectivity index (χ0n) is 11.6. The van der Waals surface area contributed by atoms with Crippen LogP contribution in [0, 0.1) is 5.92 Å². The lowest BCUT2D eigenvalue weighted by molar-refractivity contribution is 0.0724. The highest BCUT2D eigenvalue weighted by Gasteiger charge is 2.26. The molecule has 2 atom stereocenters. The molecule has 2 rings (SSSR count). The SMILES string of the molecule is CCn1cc(S(=O)(=O)NCC2CCCCC2O)c(N)n1. The van der Waals surface area contributed by atoms with Crippen molar-refractivity contribution in [3.8, 4) is 0 Å². The Bertz CT molecular complexity index is 555. The van der Waals surface area contributed by atoms with Crippen LogP contribution in [-0.2, 0) is 16.6 Å². The van der Waals surface area contributed by atoms with E-state index in [9.17, 15) is 13.5 Å². The van der Waals surface area contributed by atoms with Gasteiger partial charge in [0.05, 0.1) is 6.10 Å². The maximum Gasteiger partial charge on any atom is 0.245 e. The monoisotopic (exact) mass is 302 g/mol. The van der Waals surface area contributed by atoms with E-state index < -0.39 is 16.1 Å². The highest BCUT2D eigenvalue weighted by molar-refractivity contribution is 7.89. The highest BCUT2D eigenvalue weighted by Crippen LogP contribution is 2.24. The van der Waals surface area contributed by atoms with Gasteiger partial charge < -0.3 is 10.8 Å². The summed E-state index contributed by atoms with van der Waals surface area (Å²) in [7, 11) is -3.67. The van der Waals surface area contributed by atoms with Crippen LogP contribution >= 0.6 is 0 Å². The van der Waals surface area contributed by atoms with E-state index in [1.165, 1.54) is 10.9 Å². The van der Waals surface area contributed by atoms with Crippen molar-refractivity contribution in [2.45, 2.75) is 50.2 Å². The van der Waals surface area contributed by atoms with Crippen LogP contribution in [0.15, 0.2) is 11.1 Å². The first-order valence-corrected chi connectivity index (χ1v) is 8.43. The van der Waals surface area contributed by atoms with Crippen LogP contribution in [0.2, 0.25) is 0 Å². The summed E-state index contributed by atoms with van der Waals surface area (Å²) in [4.78, 5) is 0.00430. The molecular weight excluding hydrogens is 280 g/mol. The Hall–Kier alpha value is -1.12. The normalized spacial score (nSPS) is 23.9. The maximum absolute atomic E-state index is 12.2. The molecule has 1 fully saturated rings. The Balaban J connectivity index is 2.05. The Kier molecular flexibility index (Phi) is 4.66. The van der Waals surface area contributed by atoms with Gasteiger partial charge in [-0.05, 0) is 25.7 Å². The van der Waals surface area contributed by atoms with Crippen molar-refractivity contribution in [3.63, 3.8) is 0 Å². The fourth-order valence-corrected chi connectivity index (χ4v) is 3.67. The van der Waals surface area contributed by atoms with Crippen LogP contribution in [-0.4, -0.2) is 36.0 Å². The van der Waals surface area contributed by atoms with Gasteiger partial charge in [-0.1, -0.05) is 12.8 Å². The Morgan fingerprint density at radius 1 is 1.50 bits per heavy atom. The van der Waals surface area contributed by atoms with E-state index in [0.717, 1.165) is 25.7 Å². The van der Waals surface area contributed by atoms with Gasteiger partial charge in [-0.2, -0.15) is 5.10 Å². The molecule has 7 nitrogen and oxygen atoms in total. The molecule has 0 bridgehead atoms. The number of nitrogens with one attached hydrogen (secondary N) is 1. The van der Waals surface area contributed by atoms with E-state index in [1.54, 1.807) is 0 Å². The molecule has 1 aliphatic carbocycles. The number of aliphatic hydroxyl groups is 1. The summed E-state index contributed by atoms with van der Waals surface area (Å²) in [6.45, 7) is 2.65. The first-order chi connectivity index (χ1) is 9.44. The van der Waals surface area contributed by atoms with Gasteiger partial charge in [0, 0.05) is 19.3 Å². The lowest BCUT2D eigenvalue weighted by atomic mass is 9.87. The van der Waals surface area contributed by atoms with Crippen LogP contribution in [0.4, 0.5) is 5.82 Å². The minimum absolute atomic E-state index is 0.00328. The molecule has 4 N–H and O–H groups in total. The van der Waals surface area contributed by atoms with Crippen LogP contribution in [0.1, 0.15) is 32.6 Å². The van der Waals surface area contributed by atoms with Gasteiger partial charge in [0.1, 0.15) is 4.90 Å². The van der Waals surface area contributed by atoms with Crippen molar-refractivity contribution in [3.05, 3.63) is 6.20 Å². The number of aromatic nitrogens is 2. The summed E-state index contributed by atoms with van der Waals surface area (Å²) < 4.78 is 28.4. The van der Waals surface area contributed by atoms with Gasteiger partial charge >= 0.3 is 0 Å². The third-order valence-corrected chi connectivity index (χ3v) is 5.21. The first kappa shape index (κ1) is 15.3. The zero-order valence-corrected chi connectivity index (χ0v) is 12.4. The molecule has 1 saturated carbocycles. The second-order valence-electron chi connectivity index (χ2n) is 5.20. The summed E-state index contributed by atoms with van der Waals surface area (Å²) in [6.07, 6.45) is 4.60. The largest absolute Gasteiger partial charge is 0.393 e. The smallest absolute Gasteiger partial charge is 0.245 e. The van der Waals surface area contributed by atoms with Crippen LogP contribution in [0.3, 0.4) is 0 Å². The van der Waals surface area contributed by atoms with E-state index in [0.29, 0.717) is 6.54 Å². The molecular formula is C12H22N4O3S. The molecule has 1 heterocycles. The lowest BCUT2D eigenvalue weighted by Gasteiger charge is -2.27. The molecule has 2 unspecified atom stereocenters. The van der Waals surface area contributed by atoms with Gasteiger partial charge in [0.15, 0.2) is 5.82 Å². The Labute approximate surface area is 119 Å². The van der Waals surface area contributed by atoms with Crippen molar-refractivity contribution in [1.29, 1.82) is 0 Å². The van der Waals surface area contributed by atoms with Crippen molar-refractivity contribution in [2.75, 3.05) is 12.3 Å². The molecule has 0 radical (unpaired) electrons. The summed E-state index contributed by atoms with van der Waals surface area (Å²) in [6, 6.07) is 0. The fraction of sp³-hybridized carbons (Fsp3) is 0.750. The van der Waals surface area contributed by atoms with Crippen molar-refractivity contribution < 1.29 is 13.5 Å². The molecule has 0 amide bonds. The average molecular weight is 302 g/mol. The average Bonchev–Trinajstić information content (AvgIpc) is 2.80. The summed E-state index contributed by atoms with van der Waals surface area (Å²) in [5, 5.41) is 13.8. The molecule has 0 spiro atoms.